The Balaban J connectivity index is 1.69. The fourth-order valence-corrected chi connectivity index (χ4v) is 5.68. The minimum Gasteiger partial charge on any atom is -0.474 e. The molecular weight excluding hydrogens is 464 g/mol. The number of halogens is 1. The second kappa shape index (κ2) is 9.51. The number of Topliss-reactive ketones (excluding diaryl/α,β-unsaturated/α-hetero) is 1. The summed E-state index contributed by atoms with van der Waals surface area (Å²) >= 11 is 6.02. The molecule has 1 N–H and O–H groups in total. The first-order chi connectivity index (χ1) is 15.8. The van der Waals surface area contributed by atoms with E-state index in [0.717, 1.165) is 9.87 Å². The molecular formula is C24H23ClN2O5S. The maximum Gasteiger partial charge on any atom is 0.265 e. The van der Waals surface area contributed by atoms with Gasteiger partial charge in [-0.15, -0.1) is 0 Å². The van der Waals surface area contributed by atoms with E-state index in [1.807, 2.05) is 37.3 Å². The van der Waals surface area contributed by atoms with Crippen LogP contribution in [0.3, 0.4) is 0 Å². The second-order valence-corrected chi connectivity index (χ2v) is 10.1. The molecule has 0 bridgehead atoms. The zero-order chi connectivity index (χ0) is 23.6. The first kappa shape index (κ1) is 23.2. The highest BCUT2D eigenvalue weighted by Crippen LogP contribution is 2.37. The highest BCUT2D eigenvalue weighted by molar-refractivity contribution is 7.92. The molecule has 3 aromatic rings. The van der Waals surface area contributed by atoms with Crippen molar-refractivity contribution in [1.29, 1.82) is 0 Å². The molecule has 1 aliphatic heterocycles. The van der Waals surface area contributed by atoms with Gasteiger partial charge in [0.05, 0.1) is 11.5 Å². The topological polar surface area (TPSA) is 96.8 Å². The number of hydrogen-bond donors (Lipinski definition) is 1. The Labute approximate surface area is 197 Å². The van der Waals surface area contributed by atoms with Crippen LogP contribution in [0.4, 0.5) is 5.69 Å². The van der Waals surface area contributed by atoms with Crippen LogP contribution in [0.1, 0.15) is 24.0 Å². The number of hydrogen-bond acceptors (Lipinski definition) is 6. The molecule has 33 heavy (non-hydrogen) atoms. The van der Waals surface area contributed by atoms with Crippen molar-refractivity contribution in [1.82, 2.24) is 4.98 Å². The van der Waals surface area contributed by atoms with Crippen LogP contribution in [0, 0.1) is 0 Å². The Hall–Kier alpha value is -2.94. The van der Waals surface area contributed by atoms with Crippen LogP contribution in [0.15, 0.2) is 71.8 Å². The number of sulfonamides is 1. The molecule has 0 aliphatic carbocycles. The lowest BCUT2D eigenvalue weighted by Gasteiger charge is -2.36. The zero-order valence-corrected chi connectivity index (χ0v) is 19.5. The summed E-state index contributed by atoms with van der Waals surface area (Å²) in [5.41, 5.74) is 1.63. The van der Waals surface area contributed by atoms with E-state index in [2.05, 4.69) is 4.98 Å². The van der Waals surface area contributed by atoms with Gasteiger partial charge in [-0.05, 0) is 35.4 Å². The van der Waals surface area contributed by atoms with Crippen molar-refractivity contribution in [3.8, 4) is 5.88 Å². The number of nitrogens with zero attached hydrogens (tertiary/aromatic N) is 2. The van der Waals surface area contributed by atoms with Gasteiger partial charge in [-0.25, -0.2) is 13.4 Å². The maximum absolute atomic E-state index is 13.5. The average molecular weight is 487 g/mol. The van der Waals surface area contributed by atoms with Gasteiger partial charge in [-0.2, -0.15) is 0 Å². The minimum atomic E-state index is -4.08. The summed E-state index contributed by atoms with van der Waals surface area (Å²) in [7, 11) is -4.08. The summed E-state index contributed by atoms with van der Waals surface area (Å²) in [4.78, 5) is 17.1. The van der Waals surface area contributed by atoms with E-state index < -0.39 is 22.7 Å². The van der Waals surface area contributed by atoms with E-state index in [4.69, 9.17) is 16.3 Å². The van der Waals surface area contributed by atoms with Gasteiger partial charge in [0.2, 0.25) is 5.88 Å². The van der Waals surface area contributed by atoms with Gasteiger partial charge in [0.15, 0.2) is 0 Å². The van der Waals surface area contributed by atoms with Gasteiger partial charge in [-0.3, -0.25) is 9.10 Å². The predicted molar refractivity (Wildman–Crippen MR) is 125 cm³/mol. The van der Waals surface area contributed by atoms with E-state index in [0.29, 0.717) is 5.56 Å². The van der Waals surface area contributed by atoms with Crippen LogP contribution in [-0.4, -0.2) is 43.5 Å². The number of anilines is 1. The molecule has 0 spiro atoms. The lowest BCUT2D eigenvalue weighted by atomic mass is 9.93. The first-order valence-corrected chi connectivity index (χ1v) is 12.2. The van der Waals surface area contributed by atoms with E-state index in [-0.39, 0.29) is 46.2 Å². The van der Waals surface area contributed by atoms with Gasteiger partial charge >= 0.3 is 0 Å². The maximum atomic E-state index is 13.5. The number of aromatic nitrogens is 1. The summed E-state index contributed by atoms with van der Waals surface area (Å²) < 4.78 is 33.7. The van der Waals surface area contributed by atoms with Crippen LogP contribution in [0.25, 0.3) is 0 Å². The normalized spacial score (nSPS) is 16.6. The van der Waals surface area contributed by atoms with Gasteiger partial charge in [0, 0.05) is 23.6 Å². The van der Waals surface area contributed by atoms with Crippen LogP contribution < -0.4 is 9.04 Å². The molecule has 1 aromatic heterocycles. The standard InChI is InChI=1S/C24H23ClN2O5S/c1-16(18-6-3-2-4-7-18)23(29)11-17-10-22-24(26-13-17)32-15-20(14-28)27(22)33(30,31)21-9-5-8-19(25)12-21/h2-10,12-13,16,20,28H,11,14-15H2,1H3/t16-,20-/m0/s1. The third-order valence-corrected chi connectivity index (χ3v) is 7.69. The van der Waals surface area contributed by atoms with Crippen molar-refractivity contribution < 1.29 is 23.1 Å². The number of carbonyl (C=O) groups is 1. The number of aliphatic hydroxyl groups excluding tert-OH is 1. The Morgan fingerprint density at radius 3 is 2.67 bits per heavy atom. The molecule has 0 unspecified atom stereocenters. The lowest BCUT2D eigenvalue weighted by molar-refractivity contribution is -0.119. The molecule has 1 aliphatic rings. The lowest BCUT2D eigenvalue weighted by Crippen LogP contribution is -2.49. The Morgan fingerprint density at radius 1 is 1.21 bits per heavy atom. The molecule has 0 amide bonds. The Bertz CT molecular complexity index is 1270. The van der Waals surface area contributed by atoms with E-state index in [1.165, 1.54) is 18.3 Å². The molecule has 0 radical (unpaired) electrons. The molecule has 2 aromatic carbocycles. The number of ether oxygens (including phenoxy) is 1. The molecule has 0 fully saturated rings. The number of aliphatic hydroxyl groups is 1. The van der Waals surface area contributed by atoms with E-state index in [9.17, 15) is 18.3 Å². The Kier molecular flexibility index (Phi) is 6.69. The van der Waals surface area contributed by atoms with Crippen molar-refractivity contribution in [3.63, 3.8) is 0 Å². The van der Waals surface area contributed by atoms with Crippen LogP contribution in [0.5, 0.6) is 5.88 Å². The monoisotopic (exact) mass is 486 g/mol. The number of fused-ring (bicyclic) bond motifs is 1. The number of pyridine rings is 1. The smallest absolute Gasteiger partial charge is 0.265 e. The summed E-state index contributed by atoms with van der Waals surface area (Å²) in [6, 6.07) is 16.1. The number of carbonyl (C=O) groups excluding carboxylic acids is 1. The van der Waals surface area contributed by atoms with Crippen molar-refractivity contribution in [2.45, 2.75) is 30.2 Å². The predicted octanol–water partition coefficient (Wildman–Crippen LogP) is 3.60. The van der Waals surface area contributed by atoms with Gasteiger partial charge < -0.3 is 9.84 Å². The highest BCUT2D eigenvalue weighted by Gasteiger charge is 2.38. The second-order valence-electron chi connectivity index (χ2n) is 7.85. The molecule has 2 atom stereocenters. The van der Waals surface area contributed by atoms with Gasteiger partial charge in [0.25, 0.3) is 10.0 Å². The van der Waals surface area contributed by atoms with Crippen LogP contribution in [-0.2, 0) is 21.2 Å². The highest BCUT2D eigenvalue weighted by atomic mass is 35.5. The van der Waals surface area contributed by atoms with E-state index >= 15 is 0 Å². The molecule has 9 heteroatoms. The minimum absolute atomic E-state index is 0.0134. The van der Waals surface area contributed by atoms with Crippen molar-refractivity contribution >= 4 is 33.1 Å². The summed E-state index contributed by atoms with van der Waals surface area (Å²) in [6.45, 7) is 1.33. The fraction of sp³-hybridized carbons (Fsp3) is 0.250. The van der Waals surface area contributed by atoms with Gasteiger partial charge in [-0.1, -0.05) is 54.9 Å². The summed E-state index contributed by atoms with van der Waals surface area (Å²) in [6.07, 6.45) is 1.59. The average Bonchev–Trinajstić information content (AvgIpc) is 2.83. The number of rotatable bonds is 7. The quantitative estimate of drug-likeness (QED) is 0.548. The largest absolute Gasteiger partial charge is 0.474 e. The molecule has 7 nitrogen and oxygen atoms in total. The molecule has 0 saturated heterocycles. The van der Waals surface area contributed by atoms with Crippen molar-refractivity contribution in [2.24, 2.45) is 0 Å². The number of ketones is 1. The fourth-order valence-electron chi connectivity index (χ4n) is 3.76. The Morgan fingerprint density at radius 2 is 1.97 bits per heavy atom. The zero-order valence-electron chi connectivity index (χ0n) is 17.9. The van der Waals surface area contributed by atoms with Crippen molar-refractivity contribution in [3.05, 3.63) is 83.0 Å². The summed E-state index contributed by atoms with van der Waals surface area (Å²) in [5.74, 6) is -0.227. The van der Waals surface area contributed by atoms with Gasteiger partial charge in [0.1, 0.15) is 24.1 Å². The first-order valence-electron chi connectivity index (χ1n) is 10.4. The SMILES string of the molecule is C[C@H](C(=O)Cc1cnc2c(c1)N(S(=O)(=O)c1cccc(Cl)c1)[C@@H](CO)CO2)c1ccccc1. The van der Waals surface area contributed by atoms with Crippen molar-refractivity contribution in [2.75, 3.05) is 17.5 Å². The third-order valence-electron chi connectivity index (χ3n) is 5.59. The number of benzene rings is 2. The van der Waals surface area contributed by atoms with E-state index in [1.54, 1.807) is 18.2 Å². The molecule has 4 rings (SSSR count). The van der Waals surface area contributed by atoms with Crippen LogP contribution in [0.2, 0.25) is 5.02 Å². The third kappa shape index (κ3) is 4.73. The summed E-state index contributed by atoms with van der Waals surface area (Å²) in [5, 5.41) is 10.2. The molecule has 0 saturated carbocycles. The molecule has 2 heterocycles. The van der Waals surface area contributed by atoms with Crippen LogP contribution >= 0.6 is 11.6 Å². The molecule has 172 valence electrons.